The summed E-state index contributed by atoms with van der Waals surface area (Å²) in [5.74, 6) is 0.421. The first-order valence-electron chi connectivity index (χ1n) is 9.71. The van der Waals surface area contributed by atoms with Gasteiger partial charge in [0.15, 0.2) is 0 Å². The molecule has 0 aromatic heterocycles. The number of rotatable bonds is 9. The van der Waals surface area contributed by atoms with E-state index in [1.807, 2.05) is 57.2 Å². The maximum absolute atomic E-state index is 13.1. The molecule has 0 spiro atoms. The minimum absolute atomic E-state index is 0.220. The van der Waals surface area contributed by atoms with Crippen LogP contribution in [0, 0.1) is 6.92 Å². The molecule has 0 radical (unpaired) electrons. The van der Waals surface area contributed by atoms with Crippen LogP contribution >= 0.6 is 0 Å². The molecule has 0 aliphatic heterocycles. The van der Waals surface area contributed by atoms with Gasteiger partial charge in [-0.15, -0.1) is 0 Å². The summed E-state index contributed by atoms with van der Waals surface area (Å²) in [4.78, 5) is 13.1. The molecule has 0 aliphatic carbocycles. The third-order valence-electron chi connectivity index (χ3n) is 4.86. The summed E-state index contributed by atoms with van der Waals surface area (Å²) in [7, 11) is -2.05. The first-order valence-corrected chi connectivity index (χ1v) is 11.6. The molecule has 2 aromatic rings. The first kappa shape index (κ1) is 22.7. The summed E-state index contributed by atoms with van der Waals surface area (Å²) in [5.41, 5.74) is 2.44. The monoisotopic (exact) mass is 418 g/mol. The van der Waals surface area contributed by atoms with Crippen LogP contribution in [-0.2, 0) is 14.8 Å². The van der Waals surface area contributed by atoms with E-state index in [1.54, 1.807) is 19.2 Å². The van der Waals surface area contributed by atoms with E-state index in [1.165, 1.54) is 4.31 Å². The summed E-state index contributed by atoms with van der Waals surface area (Å²) in [6.07, 6.45) is 2.16. The standard InChI is InChI=1S/C22H30N2O4S/c1-6-20(17-10-14-19(28-4)15-11-17)23-22(25)21(7-2)24(29(5,26)27)18-12-8-16(3)9-13-18/h8-15,20-21H,6-7H2,1-5H3,(H,23,25)/t20-,21+/m1/s1. The maximum atomic E-state index is 13.1. The van der Waals surface area contributed by atoms with E-state index in [9.17, 15) is 13.2 Å². The van der Waals surface area contributed by atoms with Gasteiger partial charge in [0, 0.05) is 0 Å². The molecule has 0 saturated heterocycles. The average Bonchev–Trinajstić information content (AvgIpc) is 2.70. The minimum atomic E-state index is -3.65. The summed E-state index contributed by atoms with van der Waals surface area (Å²) < 4.78 is 31.5. The van der Waals surface area contributed by atoms with Gasteiger partial charge in [0.2, 0.25) is 15.9 Å². The molecule has 0 fully saturated rings. The Hall–Kier alpha value is -2.54. The second kappa shape index (κ2) is 9.78. The molecule has 29 heavy (non-hydrogen) atoms. The largest absolute Gasteiger partial charge is 0.497 e. The van der Waals surface area contributed by atoms with Crippen LogP contribution in [0.15, 0.2) is 48.5 Å². The van der Waals surface area contributed by atoms with E-state index in [0.717, 1.165) is 23.1 Å². The van der Waals surface area contributed by atoms with Crippen LogP contribution in [-0.4, -0.2) is 33.7 Å². The maximum Gasteiger partial charge on any atom is 0.244 e. The lowest BCUT2D eigenvalue weighted by molar-refractivity contribution is -0.123. The third kappa shape index (κ3) is 5.73. The molecule has 1 amide bonds. The molecule has 6 nitrogen and oxygen atoms in total. The van der Waals surface area contributed by atoms with Crippen molar-refractivity contribution in [3.63, 3.8) is 0 Å². The Kier molecular flexibility index (Phi) is 7.67. The lowest BCUT2D eigenvalue weighted by Crippen LogP contribution is -2.50. The van der Waals surface area contributed by atoms with E-state index >= 15 is 0 Å². The van der Waals surface area contributed by atoms with Crippen LogP contribution in [0.1, 0.15) is 43.9 Å². The molecular formula is C22H30N2O4S. The van der Waals surface area contributed by atoms with Gasteiger partial charge in [-0.05, 0) is 49.6 Å². The Labute approximate surface area is 173 Å². The van der Waals surface area contributed by atoms with Gasteiger partial charge in [-0.2, -0.15) is 0 Å². The lowest BCUT2D eigenvalue weighted by Gasteiger charge is -2.31. The van der Waals surface area contributed by atoms with Crippen molar-refractivity contribution in [1.82, 2.24) is 5.32 Å². The van der Waals surface area contributed by atoms with Crippen LogP contribution in [0.4, 0.5) is 5.69 Å². The third-order valence-corrected chi connectivity index (χ3v) is 6.04. The average molecular weight is 419 g/mol. The predicted molar refractivity (Wildman–Crippen MR) is 117 cm³/mol. The number of aryl methyl sites for hydroxylation is 1. The highest BCUT2D eigenvalue weighted by molar-refractivity contribution is 7.92. The van der Waals surface area contributed by atoms with Gasteiger partial charge in [-0.3, -0.25) is 9.10 Å². The Balaban J connectivity index is 2.30. The number of carbonyl (C=O) groups is 1. The Morgan fingerprint density at radius 3 is 2.07 bits per heavy atom. The number of hydrogen-bond donors (Lipinski definition) is 1. The topological polar surface area (TPSA) is 75.7 Å². The van der Waals surface area contributed by atoms with Crippen molar-refractivity contribution in [2.24, 2.45) is 0 Å². The highest BCUT2D eigenvalue weighted by Gasteiger charge is 2.32. The van der Waals surface area contributed by atoms with E-state index in [-0.39, 0.29) is 11.9 Å². The van der Waals surface area contributed by atoms with Crippen LogP contribution in [0.25, 0.3) is 0 Å². The van der Waals surface area contributed by atoms with E-state index in [4.69, 9.17) is 4.74 Å². The number of benzene rings is 2. The second-order valence-corrected chi connectivity index (χ2v) is 8.92. The fraction of sp³-hybridized carbons (Fsp3) is 0.409. The number of nitrogens with one attached hydrogen (secondary N) is 1. The highest BCUT2D eigenvalue weighted by atomic mass is 32.2. The number of amides is 1. The Morgan fingerprint density at radius 1 is 1.03 bits per heavy atom. The van der Waals surface area contributed by atoms with E-state index in [0.29, 0.717) is 18.5 Å². The molecule has 0 bridgehead atoms. The van der Waals surface area contributed by atoms with Crippen LogP contribution in [0.5, 0.6) is 5.75 Å². The van der Waals surface area contributed by atoms with Gasteiger partial charge < -0.3 is 10.1 Å². The highest BCUT2D eigenvalue weighted by Crippen LogP contribution is 2.25. The minimum Gasteiger partial charge on any atom is -0.497 e. The Morgan fingerprint density at radius 2 is 1.62 bits per heavy atom. The van der Waals surface area contributed by atoms with Crippen molar-refractivity contribution >= 4 is 21.6 Å². The van der Waals surface area contributed by atoms with Gasteiger partial charge in [-0.1, -0.05) is 43.7 Å². The predicted octanol–water partition coefficient (Wildman–Crippen LogP) is 3.82. The number of ether oxygens (including phenoxy) is 1. The first-order chi connectivity index (χ1) is 13.7. The van der Waals surface area contributed by atoms with Crippen molar-refractivity contribution < 1.29 is 17.9 Å². The second-order valence-electron chi connectivity index (χ2n) is 7.06. The molecule has 2 atom stereocenters. The van der Waals surface area contributed by atoms with Crippen LogP contribution < -0.4 is 14.4 Å². The Bertz CT molecular complexity index is 909. The molecule has 158 valence electrons. The number of carbonyl (C=O) groups excluding carboxylic acids is 1. The van der Waals surface area contributed by atoms with Crippen molar-refractivity contribution in [1.29, 1.82) is 0 Å². The molecule has 0 aliphatic rings. The zero-order valence-corrected chi connectivity index (χ0v) is 18.5. The molecule has 2 aromatic carbocycles. The van der Waals surface area contributed by atoms with Crippen LogP contribution in [0.3, 0.4) is 0 Å². The van der Waals surface area contributed by atoms with Gasteiger partial charge in [0.05, 0.1) is 25.1 Å². The zero-order valence-electron chi connectivity index (χ0n) is 17.7. The van der Waals surface area contributed by atoms with Gasteiger partial charge >= 0.3 is 0 Å². The molecule has 0 heterocycles. The lowest BCUT2D eigenvalue weighted by atomic mass is 10.0. The normalized spacial score (nSPS) is 13.4. The number of anilines is 1. The smallest absolute Gasteiger partial charge is 0.244 e. The number of nitrogens with zero attached hydrogens (tertiary/aromatic N) is 1. The van der Waals surface area contributed by atoms with Gasteiger partial charge in [0.25, 0.3) is 0 Å². The fourth-order valence-electron chi connectivity index (χ4n) is 3.28. The fourth-order valence-corrected chi connectivity index (χ4v) is 4.49. The molecule has 1 N–H and O–H groups in total. The number of sulfonamides is 1. The summed E-state index contributed by atoms with van der Waals surface area (Å²) >= 11 is 0. The van der Waals surface area contributed by atoms with Crippen LogP contribution in [0.2, 0.25) is 0 Å². The summed E-state index contributed by atoms with van der Waals surface area (Å²) in [6.45, 7) is 5.72. The SMILES string of the molecule is CC[C@@H](NC(=O)[C@H](CC)N(c1ccc(C)cc1)S(C)(=O)=O)c1ccc(OC)cc1. The molecule has 0 unspecified atom stereocenters. The van der Waals surface area contributed by atoms with Crippen molar-refractivity contribution in [2.75, 3.05) is 17.7 Å². The van der Waals surface area contributed by atoms with Gasteiger partial charge in [0.1, 0.15) is 11.8 Å². The van der Waals surface area contributed by atoms with Crippen molar-refractivity contribution in [3.8, 4) is 5.75 Å². The molecule has 2 rings (SSSR count). The van der Waals surface area contributed by atoms with Crippen molar-refractivity contribution in [3.05, 3.63) is 59.7 Å². The molecule has 7 heteroatoms. The van der Waals surface area contributed by atoms with E-state index < -0.39 is 16.1 Å². The van der Waals surface area contributed by atoms with Gasteiger partial charge in [-0.25, -0.2) is 8.42 Å². The van der Waals surface area contributed by atoms with Crippen molar-refractivity contribution in [2.45, 2.75) is 45.7 Å². The van der Waals surface area contributed by atoms with E-state index in [2.05, 4.69) is 5.32 Å². The summed E-state index contributed by atoms with van der Waals surface area (Å²) in [6, 6.07) is 13.6. The zero-order chi connectivity index (χ0) is 21.6. The number of hydrogen-bond acceptors (Lipinski definition) is 4. The summed E-state index contributed by atoms with van der Waals surface area (Å²) in [5, 5.41) is 3.02. The molecular weight excluding hydrogens is 388 g/mol. The molecule has 0 saturated carbocycles. The number of methoxy groups -OCH3 is 1. The quantitative estimate of drug-likeness (QED) is 0.672.